The normalized spacial score (nSPS) is 16.1. The van der Waals surface area contributed by atoms with Crippen LogP contribution in [-0.2, 0) is 0 Å². The summed E-state index contributed by atoms with van der Waals surface area (Å²) in [6, 6.07) is 7.57. The minimum Gasteiger partial charge on any atom is -0.494 e. The lowest BCUT2D eigenvalue weighted by molar-refractivity contribution is 0.0958. The Bertz CT molecular complexity index is 425. The molecule has 3 nitrogen and oxygen atoms in total. The predicted molar refractivity (Wildman–Crippen MR) is 81.5 cm³/mol. The van der Waals surface area contributed by atoms with E-state index in [9.17, 15) is 4.79 Å². The molecule has 1 aliphatic heterocycles. The second-order valence-electron chi connectivity index (χ2n) is 5.45. The van der Waals surface area contributed by atoms with E-state index in [1.807, 2.05) is 24.3 Å². The van der Waals surface area contributed by atoms with E-state index in [4.69, 9.17) is 4.74 Å². The average molecular weight is 275 g/mol. The molecule has 1 saturated heterocycles. The van der Waals surface area contributed by atoms with Gasteiger partial charge in [0.1, 0.15) is 5.75 Å². The summed E-state index contributed by atoms with van der Waals surface area (Å²) < 4.78 is 5.58. The van der Waals surface area contributed by atoms with Crippen LogP contribution in [0.5, 0.6) is 5.75 Å². The predicted octanol–water partition coefficient (Wildman–Crippen LogP) is 3.53. The molecule has 1 aromatic rings. The number of rotatable bonds is 7. The maximum atomic E-state index is 12.2. The molecule has 0 unspecified atom stereocenters. The summed E-state index contributed by atoms with van der Waals surface area (Å²) in [5.41, 5.74) is 0.774. The first kappa shape index (κ1) is 15.0. The molecule has 0 aliphatic carbocycles. The fraction of sp³-hybridized carbons (Fsp3) is 0.588. The second kappa shape index (κ2) is 8.05. The van der Waals surface area contributed by atoms with E-state index >= 15 is 0 Å². The molecular formula is C17H25NO2. The molecule has 1 heterocycles. The van der Waals surface area contributed by atoms with Gasteiger partial charge in [0, 0.05) is 18.5 Å². The van der Waals surface area contributed by atoms with Crippen LogP contribution in [0.4, 0.5) is 0 Å². The quantitative estimate of drug-likeness (QED) is 0.713. The van der Waals surface area contributed by atoms with E-state index in [1.54, 1.807) is 0 Å². The molecule has 110 valence electrons. The molecule has 2 rings (SSSR count). The highest BCUT2D eigenvalue weighted by Gasteiger charge is 2.13. The fourth-order valence-electron chi connectivity index (χ4n) is 2.57. The highest BCUT2D eigenvalue weighted by atomic mass is 16.5. The Hall–Kier alpha value is -1.35. The second-order valence-corrected chi connectivity index (χ2v) is 5.45. The van der Waals surface area contributed by atoms with Crippen molar-refractivity contribution < 1.29 is 9.53 Å². The first-order chi connectivity index (χ1) is 9.79. The number of carbonyl (C=O) groups excluding carboxylic acids is 1. The molecule has 0 atom stereocenters. The van der Waals surface area contributed by atoms with E-state index in [2.05, 4.69) is 11.8 Å². The van der Waals surface area contributed by atoms with E-state index in [0.29, 0.717) is 13.0 Å². The topological polar surface area (TPSA) is 29.5 Å². The van der Waals surface area contributed by atoms with Crippen molar-refractivity contribution >= 4 is 5.78 Å². The summed E-state index contributed by atoms with van der Waals surface area (Å²) in [6.45, 7) is 5.96. The average Bonchev–Trinajstić information content (AvgIpc) is 2.52. The zero-order valence-corrected chi connectivity index (χ0v) is 12.4. The Morgan fingerprint density at radius 1 is 1.25 bits per heavy atom. The molecule has 3 heteroatoms. The first-order valence-corrected chi connectivity index (χ1v) is 7.78. The Morgan fingerprint density at radius 2 is 2.05 bits per heavy atom. The van der Waals surface area contributed by atoms with Gasteiger partial charge in [0.2, 0.25) is 0 Å². The van der Waals surface area contributed by atoms with Crippen molar-refractivity contribution in [1.82, 2.24) is 4.90 Å². The Balaban J connectivity index is 1.84. The van der Waals surface area contributed by atoms with Crippen molar-refractivity contribution in [2.45, 2.75) is 39.0 Å². The molecule has 0 bridgehead atoms. The van der Waals surface area contributed by atoms with Crippen LogP contribution < -0.4 is 4.74 Å². The molecule has 1 fully saturated rings. The number of ketones is 1. The molecule has 20 heavy (non-hydrogen) atoms. The van der Waals surface area contributed by atoms with Gasteiger partial charge in [0.15, 0.2) is 5.78 Å². The number of carbonyl (C=O) groups is 1. The molecule has 1 aromatic carbocycles. The lowest BCUT2D eigenvalue weighted by atomic mass is 10.1. The van der Waals surface area contributed by atoms with Crippen LogP contribution in [0.3, 0.4) is 0 Å². The number of piperidine rings is 1. The fourth-order valence-corrected chi connectivity index (χ4v) is 2.57. The molecule has 0 amide bonds. The molecular weight excluding hydrogens is 250 g/mol. The molecule has 0 radical (unpaired) electrons. The summed E-state index contributed by atoms with van der Waals surface area (Å²) in [6.07, 6.45) is 5.47. The molecule has 0 aromatic heterocycles. The summed E-state index contributed by atoms with van der Waals surface area (Å²) in [4.78, 5) is 14.6. The van der Waals surface area contributed by atoms with Gasteiger partial charge in [-0.2, -0.15) is 0 Å². The lowest BCUT2D eigenvalue weighted by Gasteiger charge is -2.25. The van der Waals surface area contributed by atoms with E-state index in [0.717, 1.165) is 37.4 Å². The molecule has 0 spiro atoms. The van der Waals surface area contributed by atoms with Crippen molar-refractivity contribution in [2.24, 2.45) is 0 Å². The van der Waals surface area contributed by atoms with Gasteiger partial charge in [0.05, 0.1) is 6.61 Å². The zero-order valence-electron chi connectivity index (χ0n) is 12.4. The van der Waals surface area contributed by atoms with Crippen LogP contribution >= 0.6 is 0 Å². The minimum atomic E-state index is 0.220. The van der Waals surface area contributed by atoms with E-state index < -0.39 is 0 Å². The van der Waals surface area contributed by atoms with Crippen molar-refractivity contribution in [2.75, 3.05) is 26.2 Å². The molecule has 1 aliphatic rings. The van der Waals surface area contributed by atoms with Crippen LogP contribution in [0.15, 0.2) is 24.3 Å². The van der Waals surface area contributed by atoms with Crippen LogP contribution in [0.25, 0.3) is 0 Å². The van der Waals surface area contributed by atoms with Crippen LogP contribution in [0.1, 0.15) is 49.4 Å². The third kappa shape index (κ3) is 4.64. The summed E-state index contributed by atoms with van der Waals surface area (Å²) >= 11 is 0. The number of ether oxygens (including phenoxy) is 1. The van der Waals surface area contributed by atoms with Gasteiger partial charge < -0.3 is 9.64 Å². The van der Waals surface area contributed by atoms with Gasteiger partial charge >= 0.3 is 0 Å². The first-order valence-electron chi connectivity index (χ1n) is 7.78. The van der Waals surface area contributed by atoms with E-state index in [-0.39, 0.29) is 5.78 Å². The number of hydrogen-bond acceptors (Lipinski definition) is 3. The Labute approximate surface area is 121 Å². The molecule has 0 saturated carbocycles. The SMILES string of the molecule is CCCOc1cccc(C(=O)CCN2CCCCC2)c1. The number of hydrogen-bond donors (Lipinski definition) is 0. The van der Waals surface area contributed by atoms with Crippen molar-refractivity contribution in [3.63, 3.8) is 0 Å². The van der Waals surface area contributed by atoms with E-state index in [1.165, 1.54) is 19.3 Å². The largest absolute Gasteiger partial charge is 0.494 e. The monoisotopic (exact) mass is 275 g/mol. The zero-order chi connectivity index (χ0) is 14.2. The van der Waals surface area contributed by atoms with Gasteiger partial charge in [-0.3, -0.25) is 4.79 Å². The van der Waals surface area contributed by atoms with Crippen molar-refractivity contribution in [3.8, 4) is 5.75 Å². The third-order valence-electron chi connectivity index (χ3n) is 3.73. The summed E-state index contributed by atoms with van der Waals surface area (Å²) in [5, 5.41) is 0. The highest BCUT2D eigenvalue weighted by Crippen LogP contribution is 2.16. The summed E-state index contributed by atoms with van der Waals surface area (Å²) in [5.74, 6) is 1.02. The minimum absolute atomic E-state index is 0.220. The molecule has 0 N–H and O–H groups in total. The van der Waals surface area contributed by atoms with Crippen LogP contribution in [-0.4, -0.2) is 36.9 Å². The number of likely N-dealkylation sites (tertiary alicyclic amines) is 1. The highest BCUT2D eigenvalue weighted by molar-refractivity contribution is 5.96. The lowest BCUT2D eigenvalue weighted by Crippen LogP contribution is -2.31. The van der Waals surface area contributed by atoms with Crippen LogP contribution in [0, 0.1) is 0 Å². The number of benzene rings is 1. The standard InChI is InChI=1S/C17H25NO2/c1-2-13-20-16-8-6-7-15(14-16)17(19)9-12-18-10-4-3-5-11-18/h6-8,14H,2-5,9-13H2,1H3. The maximum Gasteiger partial charge on any atom is 0.164 e. The Kier molecular flexibility index (Phi) is 6.06. The summed E-state index contributed by atoms with van der Waals surface area (Å²) in [7, 11) is 0. The van der Waals surface area contributed by atoms with Crippen molar-refractivity contribution in [1.29, 1.82) is 0 Å². The van der Waals surface area contributed by atoms with Gasteiger partial charge in [-0.15, -0.1) is 0 Å². The van der Waals surface area contributed by atoms with Gasteiger partial charge in [-0.05, 0) is 44.5 Å². The Morgan fingerprint density at radius 3 is 2.80 bits per heavy atom. The number of nitrogens with zero attached hydrogens (tertiary/aromatic N) is 1. The maximum absolute atomic E-state index is 12.2. The van der Waals surface area contributed by atoms with Gasteiger partial charge in [-0.25, -0.2) is 0 Å². The van der Waals surface area contributed by atoms with Crippen molar-refractivity contribution in [3.05, 3.63) is 29.8 Å². The van der Waals surface area contributed by atoms with Gasteiger partial charge in [-0.1, -0.05) is 25.5 Å². The number of Topliss-reactive ketones (excluding diaryl/α,β-unsaturated/α-hetero) is 1. The third-order valence-corrected chi connectivity index (χ3v) is 3.73. The smallest absolute Gasteiger partial charge is 0.164 e. The van der Waals surface area contributed by atoms with Gasteiger partial charge in [0.25, 0.3) is 0 Å². The van der Waals surface area contributed by atoms with Crippen LogP contribution in [0.2, 0.25) is 0 Å².